The smallest absolute Gasteiger partial charge is 0.231 e. The van der Waals surface area contributed by atoms with Gasteiger partial charge in [0.05, 0.1) is 36.9 Å². The zero-order valence-electron chi connectivity index (χ0n) is 14.9. The minimum atomic E-state index is 0.0226. The Kier molecular flexibility index (Phi) is 3.63. The number of carbonyl (C=O) groups is 1. The molecular formula is C19H19N5O3. The lowest BCUT2D eigenvalue weighted by molar-refractivity contribution is -0.131. The molecule has 1 amide bonds. The van der Waals surface area contributed by atoms with Gasteiger partial charge in [-0.1, -0.05) is 6.07 Å². The minimum Gasteiger partial charge on any atom is -0.454 e. The largest absolute Gasteiger partial charge is 0.454 e. The maximum absolute atomic E-state index is 13.0. The molecule has 8 heteroatoms. The molecular weight excluding hydrogens is 346 g/mol. The molecule has 0 saturated heterocycles. The average molecular weight is 365 g/mol. The highest BCUT2D eigenvalue weighted by atomic mass is 16.7. The van der Waals surface area contributed by atoms with E-state index in [1.807, 2.05) is 42.5 Å². The van der Waals surface area contributed by atoms with Gasteiger partial charge in [0, 0.05) is 31.3 Å². The number of aromatic amines is 1. The van der Waals surface area contributed by atoms with Gasteiger partial charge in [0.2, 0.25) is 12.7 Å². The molecule has 0 aliphatic carbocycles. The zero-order valence-corrected chi connectivity index (χ0v) is 14.9. The molecule has 0 spiro atoms. The lowest BCUT2D eigenvalue weighted by Gasteiger charge is -2.31. The molecule has 0 bridgehead atoms. The fourth-order valence-corrected chi connectivity index (χ4v) is 3.73. The Hall–Kier alpha value is -3.29. The number of carbonyl (C=O) groups excluding carboxylic acids is 1. The molecule has 0 fully saturated rings. The number of aromatic nitrogens is 4. The first-order chi connectivity index (χ1) is 13.2. The third-order valence-corrected chi connectivity index (χ3v) is 5.11. The Morgan fingerprint density at radius 3 is 3.07 bits per heavy atom. The van der Waals surface area contributed by atoms with E-state index in [1.54, 1.807) is 11.0 Å². The highest BCUT2D eigenvalue weighted by Crippen LogP contribution is 2.34. The SMILES string of the molecule is Cn1cc(C2CN(C(=O)Cc3ccc4c(c3)OCO4)Cc3[nH]cnc32)cn1. The number of ether oxygens (including phenoxy) is 2. The summed E-state index contributed by atoms with van der Waals surface area (Å²) in [6, 6.07) is 5.65. The van der Waals surface area contributed by atoms with Crippen molar-refractivity contribution in [1.82, 2.24) is 24.6 Å². The Morgan fingerprint density at radius 1 is 1.33 bits per heavy atom. The highest BCUT2D eigenvalue weighted by molar-refractivity contribution is 5.79. The molecule has 1 N–H and O–H groups in total. The van der Waals surface area contributed by atoms with Gasteiger partial charge < -0.3 is 19.4 Å². The van der Waals surface area contributed by atoms with Gasteiger partial charge in [0.15, 0.2) is 11.5 Å². The summed E-state index contributed by atoms with van der Waals surface area (Å²) in [4.78, 5) is 22.5. The number of aryl methyl sites for hydroxylation is 1. The average Bonchev–Trinajstić information content (AvgIpc) is 3.40. The van der Waals surface area contributed by atoms with E-state index in [0.29, 0.717) is 25.3 Å². The maximum atomic E-state index is 13.0. The van der Waals surface area contributed by atoms with Crippen LogP contribution in [0.3, 0.4) is 0 Å². The van der Waals surface area contributed by atoms with Crippen LogP contribution in [-0.2, 0) is 24.8 Å². The van der Waals surface area contributed by atoms with Gasteiger partial charge in [0.25, 0.3) is 0 Å². The molecule has 1 atom stereocenters. The second-order valence-electron chi connectivity index (χ2n) is 6.90. The van der Waals surface area contributed by atoms with E-state index >= 15 is 0 Å². The number of benzene rings is 1. The van der Waals surface area contributed by atoms with Crippen LogP contribution in [0.5, 0.6) is 11.5 Å². The maximum Gasteiger partial charge on any atom is 0.231 e. The van der Waals surface area contributed by atoms with E-state index in [0.717, 1.165) is 28.3 Å². The van der Waals surface area contributed by atoms with Crippen LogP contribution < -0.4 is 9.47 Å². The van der Waals surface area contributed by atoms with Crippen molar-refractivity contribution in [3.05, 3.63) is 59.4 Å². The van der Waals surface area contributed by atoms with Crippen LogP contribution in [0.4, 0.5) is 0 Å². The molecule has 0 radical (unpaired) electrons. The van der Waals surface area contributed by atoms with E-state index in [9.17, 15) is 4.79 Å². The summed E-state index contributed by atoms with van der Waals surface area (Å²) in [5, 5.41) is 4.27. The molecule has 27 heavy (non-hydrogen) atoms. The van der Waals surface area contributed by atoms with Gasteiger partial charge in [-0.05, 0) is 17.7 Å². The van der Waals surface area contributed by atoms with E-state index in [-0.39, 0.29) is 18.6 Å². The van der Waals surface area contributed by atoms with Crippen molar-refractivity contribution in [3.63, 3.8) is 0 Å². The lowest BCUT2D eigenvalue weighted by Crippen LogP contribution is -2.39. The van der Waals surface area contributed by atoms with Gasteiger partial charge in [0.1, 0.15) is 0 Å². The van der Waals surface area contributed by atoms with Crippen LogP contribution in [0, 0.1) is 0 Å². The summed E-state index contributed by atoms with van der Waals surface area (Å²) in [7, 11) is 1.89. The summed E-state index contributed by atoms with van der Waals surface area (Å²) < 4.78 is 12.5. The molecule has 138 valence electrons. The normalized spacial score (nSPS) is 17.8. The van der Waals surface area contributed by atoms with Crippen molar-refractivity contribution >= 4 is 5.91 Å². The van der Waals surface area contributed by atoms with E-state index in [2.05, 4.69) is 15.1 Å². The monoisotopic (exact) mass is 365 g/mol. The van der Waals surface area contributed by atoms with Crippen molar-refractivity contribution in [2.75, 3.05) is 13.3 Å². The summed E-state index contributed by atoms with van der Waals surface area (Å²) in [6.45, 7) is 1.36. The number of nitrogens with zero attached hydrogens (tertiary/aromatic N) is 4. The van der Waals surface area contributed by atoms with Gasteiger partial charge in [-0.15, -0.1) is 0 Å². The quantitative estimate of drug-likeness (QED) is 0.762. The second-order valence-corrected chi connectivity index (χ2v) is 6.90. The second kappa shape index (κ2) is 6.15. The zero-order chi connectivity index (χ0) is 18.4. The van der Waals surface area contributed by atoms with Crippen LogP contribution in [0.2, 0.25) is 0 Å². The number of hydrogen-bond donors (Lipinski definition) is 1. The summed E-state index contributed by atoms with van der Waals surface area (Å²) in [5.74, 6) is 1.52. The number of H-pyrrole nitrogens is 1. The van der Waals surface area contributed by atoms with Crippen LogP contribution in [-0.4, -0.2) is 43.9 Å². The third-order valence-electron chi connectivity index (χ3n) is 5.11. The topological polar surface area (TPSA) is 85.3 Å². The molecule has 4 heterocycles. The third kappa shape index (κ3) is 2.83. The molecule has 0 saturated carbocycles. The molecule has 1 unspecified atom stereocenters. The highest BCUT2D eigenvalue weighted by Gasteiger charge is 2.32. The fraction of sp³-hybridized carbons (Fsp3) is 0.316. The Bertz CT molecular complexity index is 1010. The van der Waals surface area contributed by atoms with Crippen LogP contribution in [0.1, 0.15) is 28.4 Å². The molecule has 1 aromatic carbocycles. The molecule has 5 rings (SSSR count). The minimum absolute atomic E-state index is 0.0226. The van der Waals surface area contributed by atoms with Gasteiger partial charge >= 0.3 is 0 Å². The predicted octanol–water partition coefficient (Wildman–Crippen LogP) is 1.59. The molecule has 3 aromatic rings. The van der Waals surface area contributed by atoms with Crippen molar-refractivity contribution < 1.29 is 14.3 Å². The fourth-order valence-electron chi connectivity index (χ4n) is 3.73. The van der Waals surface area contributed by atoms with E-state index in [4.69, 9.17) is 9.47 Å². The van der Waals surface area contributed by atoms with Crippen LogP contribution in [0.15, 0.2) is 36.9 Å². The standard InChI is InChI=1S/C19H19N5O3/c1-23-7-13(6-22-23)14-8-24(9-15-19(14)21-10-20-15)18(25)5-12-2-3-16-17(4-12)27-11-26-16/h2-4,6-7,10,14H,5,8-9,11H2,1H3,(H,20,21). The first kappa shape index (κ1) is 15.9. The molecule has 8 nitrogen and oxygen atoms in total. The van der Waals surface area contributed by atoms with Crippen molar-refractivity contribution in [1.29, 1.82) is 0 Å². The number of hydrogen-bond acceptors (Lipinski definition) is 5. The Labute approximate surface area is 155 Å². The van der Waals surface area contributed by atoms with Gasteiger partial charge in [-0.2, -0.15) is 5.10 Å². The Morgan fingerprint density at radius 2 is 2.22 bits per heavy atom. The van der Waals surface area contributed by atoms with Crippen LogP contribution in [0.25, 0.3) is 0 Å². The first-order valence-electron chi connectivity index (χ1n) is 8.84. The van der Waals surface area contributed by atoms with Gasteiger partial charge in [-0.25, -0.2) is 4.98 Å². The van der Waals surface area contributed by atoms with E-state index in [1.165, 1.54) is 0 Å². The van der Waals surface area contributed by atoms with Gasteiger partial charge in [-0.3, -0.25) is 9.48 Å². The van der Waals surface area contributed by atoms with Crippen LogP contribution >= 0.6 is 0 Å². The summed E-state index contributed by atoms with van der Waals surface area (Å²) >= 11 is 0. The van der Waals surface area contributed by atoms with Crippen molar-refractivity contribution in [2.24, 2.45) is 7.05 Å². The number of amides is 1. The number of nitrogens with one attached hydrogen (secondary N) is 1. The number of rotatable bonds is 3. The molecule has 2 aliphatic heterocycles. The molecule has 2 aliphatic rings. The van der Waals surface area contributed by atoms with E-state index < -0.39 is 0 Å². The van der Waals surface area contributed by atoms with Crippen molar-refractivity contribution in [3.8, 4) is 11.5 Å². The summed E-state index contributed by atoms with van der Waals surface area (Å²) in [6.07, 6.45) is 5.84. The summed E-state index contributed by atoms with van der Waals surface area (Å²) in [5.41, 5.74) is 3.95. The predicted molar refractivity (Wildman–Crippen MR) is 95.3 cm³/mol. The van der Waals surface area contributed by atoms with Crippen molar-refractivity contribution in [2.45, 2.75) is 18.9 Å². The first-order valence-corrected chi connectivity index (χ1v) is 8.84. The Balaban J connectivity index is 1.38. The lowest BCUT2D eigenvalue weighted by atomic mass is 9.93. The number of imidazole rings is 1. The number of fused-ring (bicyclic) bond motifs is 2. The molecule has 2 aromatic heterocycles.